The summed E-state index contributed by atoms with van der Waals surface area (Å²) in [6.45, 7) is 0. The van der Waals surface area contributed by atoms with Gasteiger partial charge in [-0.05, 0) is 19.3 Å². The molecule has 3 heterocycles. The van der Waals surface area contributed by atoms with Crippen molar-refractivity contribution in [1.29, 1.82) is 0 Å². The van der Waals surface area contributed by atoms with Crippen LogP contribution in [0.3, 0.4) is 0 Å². The molecule has 2 saturated heterocycles. The quantitative estimate of drug-likeness (QED) is 0.620. The Labute approximate surface area is 125 Å². The van der Waals surface area contributed by atoms with Crippen molar-refractivity contribution in [1.82, 2.24) is 4.72 Å². The molecule has 10 heteroatoms. The van der Waals surface area contributed by atoms with Crippen LogP contribution in [0.2, 0.25) is 0 Å². The molecular formula is C11H15N3O5S2. The van der Waals surface area contributed by atoms with Crippen LogP contribution < -0.4 is 10.0 Å². The first-order valence-electron chi connectivity index (χ1n) is 6.54. The van der Waals surface area contributed by atoms with Gasteiger partial charge in [-0.1, -0.05) is 11.3 Å². The molecule has 1 aromatic rings. The number of fused-ring (bicyclic) bond motifs is 2. The number of nitro groups is 1. The predicted octanol–water partition coefficient (Wildman–Crippen LogP) is 1.30. The van der Waals surface area contributed by atoms with E-state index in [2.05, 4.69) is 10.0 Å². The van der Waals surface area contributed by atoms with Crippen molar-refractivity contribution in [2.45, 2.75) is 41.7 Å². The van der Waals surface area contributed by atoms with Gasteiger partial charge in [0.2, 0.25) is 0 Å². The van der Waals surface area contributed by atoms with Crippen molar-refractivity contribution < 1.29 is 18.1 Å². The van der Waals surface area contributed by atoms with E-state index in [9.17, 15) is 18.5 Å². The molecule has 0 radical (unpaired) electrons. The van der Waals surface area contributed by atoms with Crippen LogP contribution in [0, 0.1) is 10.1 Å². The van der Waals surface area contributed by atoms with E-state index in [0.29, 0.717) is 6.42 Å². The SMILES string of the molecule is CNc1sc(S(=O)(=O)NC2CC3CCC2O3)cc1[N+](=O)[O-]. The minimum Gasteiger partial charge on any atom is -0.374 e. The number of nitrogens with zero attached hydrogens (tertiary/aromatic N) is 1. The largest absolute Gasteiger partial charge is 0.374 e. The Morgan fingerprint density at radius 3 is 2.71 bits per heavy atom. The number of ether oxygens (including phenoxy) is 1. The van der Waals surface area contributed by atoms with Crippen molar-refractivity contribution >= 4 is 32.0 Å². The van der Waals surface area contributed by atoms with Crippen molar-refractivity contribution in [3.05, 3.63) is 16.2 Å². The fraction of sp³-hybridized carbons (Fsp3) is 0.636. The smallest absolute Gasteiger partial charge is 0.304 e. The molecule has 2 aliphatic rings. The Morgan fingerprint density at radius 1 is 1.48 bits per heavy atom. The number of hydrogen-bond acceptors (Lipinski definition) is 7. The molecule has 1 aromatic heterocycles. The van der Waals surface area contributed by atoms with Crippen LogP contribution in [-0.4, -0.2) is 38.6 Å². The lowest BCUT2D eigenvalue weighted by atomic mass is 9.96. The summed E-state index contributed by atoms with van der Waals surface area (Å²) < 4.78 is 32.9. The van der Waals surface area contributed by atoms with Crippen LogP contribution in [0.4, 0.5) is 10.7 Å². The normalized spacial score (nSPS) is 28.0. The van der Waals surface area contributed by atoms with Crippen LogP contribution in [0.15, 0.2) is 10.3 Å². The fourth-order valence-electron chi connectivity index (χ4n) is 2.83. The van der Waals surface area contributed by atoms with Crippen molar-refractivity contribution in [3.63, 3.8) is 0 Å². The molecule has 2 N–H and O–H groups in total. The molecule has 0 aliphatic carbocycles. The van der Waals surface area contributed by atoms with Crippen LogP contribution in [-0.2, 0) is 14.8 Å². The van der Waals surface area contributed by atoms with Crippen molar-refractivity contribution in [2.24, 2.45) is 0 Å². The molecule has 0 saturated carbocycles. The topological polar surface area (TPSA) is 111 Å². The summed E-state index contributed by atoms with van der Waals surface area (Å²) in [5.74, 6) is 0. The Bertz CT molecular complexity index is 671. The second-order valence-electron chi connectivity index (χ2n) is 5.12. The van der Waals surface area contributed by atoms with E-state index in [1.54, 1.807) is 0 Å². The van der Waals surface area contributed by atoms with E-state index in [-0.39, 0.29) is 33.1 Å². The lowest BCUT2D eigenvalue weighted by Gasteiger charge is -2.19. The zero-order valence-electron chi connectivity index (χ0n) is 11.2. The predicted molar refractivity (Wildman–Crippen MR) is 77.1 cm³/mol. The van der Waals surface area contributed by atoms with Crippen molar-refractivity contribution in [2.75, 3.05) is 12.4 Å². The van der Waals surface area contributed by atoms with Gasteiger partial charge in [0.15, 0.2) is 5.00 Å². The first-order chi connectivity index (χ1) is 9.90. The van der Waals surface area contributed by atoms with Gasteiger partial charge in [-0.2, -0.15) is 0 Å². The van der Waals surface area contributed by atoms with Gasteiger partial charge < -0.3 is 10.1 Å². The standard InChI is InChI=1S/C11H15N3O5S2/c1-12-11-8(14(15)16)5-10(20-11)21(17,18)13-7-4-6-2-3-9(7)19-6/h5-7,9,12-13H,2-4H2,1H3. The molecule has 2 bridgehead atoms. The zero-order valence-corrected chi connectivity index (χ0v) is 12.9. The van der Waals surface area contributed by atoms with Gasteiger partial charge in [-0.3, -0.25) is 10.1 Å². The molecule has 3 rings (SSSR count). The minimum atomic E-state index is -3.77. The first kappa shape index (κ1) is 14.7. The highest BCUT2D eigenvalue weighted by atomic mass is 32.2. The Hall–Kier alpha value is -1.23. The lowest BCUT2D eigenvalue weighted by molar-refractivity contribution is -0.383. The van der Waals surface area contributed by atoms with Crippen LogP contribution in [0.25, 0.3) is 0 Å². The van der Waals surface area contributed by atoms with Crippen LogP contribution in [0.1, 0.15) is 19.3 Å². The zero-order chi connectivity index (χ0) is 15.2. The van der Waals surface area contributed by atoms with Gasteiger partial charge in [0.1, 0.15) is 4.21 Å². The molecule has 2 fully saturated rings. The van der Waals surface area contributed by atoms with E-state index in [4.69, 9.17) is 4.74 Å². The summed E-state index contributed by atoms with van der Waals surface area (Å²) in [7, 11) is -2.25. The molecule has 116 valence electrons. The number of rotatable bonds is 5. The number of anilines is 1. The number of hydrogen-bond donors (Lipinski definition) is 2. The van der Waals surface area contributed by atoms with Crippen LogP contribution >= 0.6 is 11.3 Å². The molecule has 8 nitrogen and oxygen atoms in total. The highest BCUT2D eigenvalue weighted by Gasteiger charge is 2.43. The van der Waals surface area contributed by atoms with Crippen LogP contribution in [0.5, 0.6) is 0 Å². The van der Waals surface area contributed by atoms with E-state index < -0.39 is 14.9 Å². The molecular weight excluding hydrogens is 318 g/mol. The Kier molecular flexibility index (Phi) is 3.64. The van der Waals surface area contributed by atoms with Gasteiger partial charge in [0.05, 0.1) is 23.2 Å². The first-order valence-corrected chi connectivity index (χ1v) is 8.84. The maximum absolute atomic E-state index is 12.4. The molecule has 21 heavy (non-hydrogen) atoms. The van der Waals surface area contributed by atoms with Crippen molar-refractivity contribution in [3.8, 4) is 0 Å². The molecule has 2 aliphatic heterocycles. The second-order valence-corrected chi connectivity index (χ2v) is 8.12. The Balaban J connectivity index is 1.83. The van der Waals surface area contributed by atoms with Gasteiger partial charge in [0.25, 0.3) is 10.0 Å². The monoisotopic (exact) mass is 333 g/mol. The van der Waals surface area contributed by atoms with Gasteiger partial charge in [-0.15, -0.1) is 0 Å². The Morgan fingerprint density at radius 2 is 2.24 bits per heavy atom. The molecule has 0 spiro atoms. The highest BCUT2D eigenvalue weighted by Crippen LogP contribution is 2.38. The summed E-state index contributed by atoms with van der Waals surface area (Å²) in [6, 6.07) is 0.848. The number of nitrogens with one attached hydrogen (secondary N) is 2. The third-order valence-corrected chi connectivity index (χ3v) is 6.90. The summed E-state index contributed by atoms with van der Waals surface area (Å²) in [5, 5.41) is 13.8. The average molecular weight is 333 g/mol. The maximum Gasteiger partial charge on any atom is 0.304 e. The van der Waals surface area contributed by atoms with E-state index in [1.165, 1.54) is 7.05 Å². The fourth-order valence-corrected chi connectivity index (χ4v) is 5.40. The average Bonchev–Trinajstić information content (AvgIpc) is 3.12. The molecule has 3 atom stereocenters. The highest BCUT2D eigenvalue weighted by molar-refractivity contribution is 7.91. The third kappa shape index (κ3) is 2.63. The molecule has 3 unspecified atom stereocenters. The molecule has 0 aromatic carbocycles. The van der Waals surface area contributed by atoms with E-state index >= 15 is 0 Å². The third-order valence-electron chi connectivity index (χ3n) is 3.79. The second kappa shape index (κ2) is 5.20. The maximum atomic E-state index is 12.4. The summed E-state index contributed by atoms with van der Waals surface area (Å²) in [5.41, 5.74) is -0.230. The van der Waals surface area contributed by atoms with E-state index in [1.807, 2.05) is 0 Å². The number of thiophene rings is 1. The summed E-state index contributed by atoms with van der Waals surface area (Å²) in [4.78, 5) is 10.3. The summed E-state index contributed by atoms with van der Waals surface area (Å²) >= 11 is 0.854. The summed E-state index contributed by atoms with van der Waals surface area (Å²) in [6.07, 6.45) is 2.54. The van der Waals surface area contributed by atoms with E-state index in [0.717, 1.165) is 30.2 Å². The van der Waals surface area contributed by atoms with Gasteiger partial charge in [-0.25, -0.2) is 13.1 Å². The number of sulfonamides is 1. The van der Waals surface area contributed by atoms with Gasteiger partial charge in [0, 0.05) is 13.1 Å². The lowest BCUT2D eigenvalue weighted by Crippen LogP contribution is -2.41. The van der Waals surface area contributed by atoms with Gasteiger partial charge >= 0.3 is 5.69 Å². The molecule has 0 amide bonds. The minimum absolute atomic E-state index is 0.0543.